The number of carbonyl (C=O) groups is 2. The van der Waals surface area contributed by atoms with Crippen LogP contribution >= 0.6 is 15.9 Å². The van der Waals surface area contributed by atoms with Crippen molar-refractivity contribution in [1.29, 1.82) is 0 Å². The average Bonchev–Trinajstić information content (AvgIpc) is 2.70. The molecule has 0 aliphatic heterocycles. The standard InChI is InChI=1S/C22H28BrN3O4S/c1-5-24-22(28)17(3)25(14-18-7-6-8-19(23)13-18)21(27)15-26(31(4,29)30)20-11-9-16(2)10-12-20/h6-13,17H,5,14-15H2,1-4H3,(H,24,28). The highest BCUT2D eigenvalue weighted by atomic mass is 79.9. The molecule has 168 valence electrons. The molecule has 0 heterocycles. The predicted molar refractivity (Wildman–Crippen MR) is 126 cm³/mol. The van der Waals surface area contributed by atoms with E-state index in [0.717, 1.165) is 26.2 Å². The largest absolute Gasteiger partial charge is 0.355 e. The van der Waals surface area contributed by atoms with E-state index in [1.165, 1.54) is 4.90 Å². The summed E-state index contributed by atoms with van der Waals surface area (Å²) in [7, 11) is -3.72. The Kier molecular flexibility index (Phi) is 8.64. The van der Waals surface area contributed by atoms with E-state index in [0.29, 0.717) is 12.2 Å². The van der Waals surface area contributed by atoms with Gasteiger partial charge in [-0.15, -0.1) is 0 Å². The van der Waals surface area contributed by atoms with Crippen LogP contribution in [0.1, 0.15) is 25.0 Å². The maximum absolute atomic E-state index is 13.3. The van der Waals surface area contributed by atoms with Gasteiger partial charge in [0.2, 0.25) is 21.8 Å². The molecule has 31 heavy (non-hydrogen) atoms. The van der Waals surface area contributed by atoms with Crippen molar-refractivity contribution in [2.75, 3.05) is 23.7 Å². The molecule has 2 aromatic rings. The molecule has 0 spiro atoms. The Bertz CT molecular complexity index is 1030. The van der Waals surface area contributed by atoms with Crippen LogP contribution in [0.5, 0.6) is 0 Å². The number of carbonyl (C=O) groups excluding carboxylic acids is 2. The maximum atomic E-state index is 13.3. The third kappa shape index (κ3) is 7.07. The summed E-state index contributed by atoms with van der Waals surface area (Å²) in [4.78, 5) is 27.2. The molecule has 7 nitrogen and oxygen atoms in total. The average molecular weight is 510 g/mol. The molecule has 1 N–H and O–H groups in total. The highest BCUT2D eigenvalue weighted by molar-refractivity contribution is 9.10. The van der Waals surface area contributed by atoms with Gasteiger partial charge in [0.1, 0.15) is 12.6 Å². The van der Waals surface area contributed by atoms with Crippen LogP contribution in [0.3, 0.4) is 0 Å². The normalized spacial score (nSPS) is 12.2. The van der Waals surface area contributed by atoms with Gasteiger partial charge >= 0.3 is 0 Å². The van der Waals surface area contributed by atoms with Gasteiger partial charge in [-0.25, -0.2) is 8.42 Å². The zero-order valence-corrected chi connectivity index (χ0v) is 20.5. The van der Waals surface area contributed by atoms with E-state index in [2.05, 4.69) is 21.2 Å². The van der Waals surface area contributed by atoms with Gasteiger partial charge in [-0.2, -0.15) is 0 Å². The molecule has 2 amide bonds. The molecule has 0 aliphatic carbocycles. The van der Waals surface area contributed by atoms with E-state index in [9.17, 15) is 18.0 Å². The third-order valence-electron chi connectivity index (χ3n) is 4.76. The van der Waals surface area contributed by atoms with Crippen molar-refractivity contribution in [2.45, 2.75) is 33.4 Å². The zero-order chi connectivity index (χ0) is 23.2. The Morgan fingerprint density at radius 1 is 1.13 bits per heavy atom. The summed E-state index contributed by atoms with van der Waals surface area (Å²) < 4.78 is 26.8. The molecule has 0 aliphatic rings. The van der Waals surface area contributed by atoms with Gasteiger partial charge in [0.25, 0.3) is 0 Å². The summed E-state index contributed by atoms with van der Waals surface area (Å²) in [6.45, 7) is 5.53. The van der Waals surface area contributed by atoms with Gasteiger partial charge < -0.3 is 10.2 Å². The number of nitrogens with zero attached hydrogens (tertiary/aromatic N) is 2. The van der Waals surface area contributed by atoms with Crippen molar-refractivity contribution in [3.63, 3.8) is 0 Å². The van der Waals surface area contributed by atoms with E-state index in [4.69, 9.17) is 0 Å². The SMILES string of the molecule is CCNC(=O)C(C)N(Cc1cccc(Br)c1)C(=O)CN(c1ccc(C)cc1)S(C)(=O)=O. The van der Waals surface area contributed by atoms with E-state index in [-0.39, 0.29) is 12.5 Å². The van der Waals surface area contributed by atoms with Gasteiger partial charge in [0, 0.05) is 17.6 Å². The number of halogens is 1. The number of hydrogen-bond acceptors (Lipinski definition) is 4. The minimum absolute atomic E-state index is 0.169. The van der Waals surface area contributed by atoms with E-state index in [1.54, 1.807) is 38.1 Å². The number of amides is 2. The Morgan fingerprint density at radius 3 is 2.32 bits per heavy atom. The number of sulfonamides is 1. The van der Waals surface area contributed by atoms with E-state index >= 15 is 0 Å². The molecule has 0 bridgehead atoms. The monoisotopic (exact) mass is 509 g/mol. The number of likely N-dealkylation sites (N-methyl/N-ethyl adjacent to an activating group) is 1. The van der Waals surface area contributed by atoms with Crippen molar-refractivity contribution in [1.82, 2.24) is 10.2 Å². The summed E-state index contributed by atoms with van der Waals surface area (Å²) in [6, 6.07) is 13.5. The fraction of sp³-hybridized carbons (Fsp3) is 0.364. The second kappa shape index (κ2) is 10.8. The Morgan fingerprint density at radius 2 is 1.77 bits per heavy atom. The van der Waals surface area contributed by atoms with E-state index in [1.807, 2.05) is 31.2 Å². The number of aryl methyl sites for hydroxylation is 1. The topological polar surface area (TPSA) is 86.8 Å². The van der Waals surface area contributed by atoms with Crippen LogP contribution in [0.15, 0.2) is 53.0 Å². The number of nitrogens with one attached hydrogen (secondary N) is 1. The van der Waals surface area contributed by atoms with Gasteiger partial charge in [-0.3, -0.25) is 13.9 Å². The quantitative estimate of drug-likeness (QED) is 0.562. The first-order valence-electron chi connectivity index (χ1n) is 9.89. The van der Waals surface area contributed by atoms with Gasteiger partial charge in [-0.05, 0) is 50.6 Å². The van der Waals surface area contributed by atoms with Crippen molar-refractivity contribution in [3.05, 3.63) is 64.1 Å². The lowest BCUT2D eigenvalue weighted by Crippen LogP contribution is -2.51. The first kappa shape index (κ1) is 24.9. The van der Waals surface area contributed by atoms with Crippen LogP contribution < -0.4 is 9.62 Å². The lowest BCUT2D eigenvalue weighted by Gasteiger charge is -2.31. The van der Waals surface area contributed by atoms with Crippen LogP contribution in [0.4, 0.5) is 5.69 Å². The summed E-state index contributed by atoms with van der Waals surface area (Å²) in [5, 5.41) is 2.73. The molecule has 1 unspecified atom stereocenters. The van der Waals surface area contributed by atoms with Crippen LogP contribution in [0, 0.1) is 6.92 Å². The summed E-state index contributed by atoms with van der Waals surface area (Å²) in [5.74, 6) is -0.767. The third-order valence-corrected chi connectivity index (χ3v) is 6.40. The Labute approximate surface area is 192 Å². The molecule has 2 aromatic carbocycles. The molecule has 0 saturated heterocycles. The lowest BCUT2D eigenvalue weighted by atomic mass is 10.1. The van der Waals surface area contributed by atoms with Gasteiger partial charge in [-0.1, -0.05) is 45.8 Å². The van der Waals surface area contributed by atoms with Crippen LogP contribution in [-0.4, -0.2) is 50.5 Å². The molecular weight excluding hydrogens is 482 g/mol. The lowest BCUT2D eigenvalue weighted by molar-refractivity contribution is -0.139. The second-order valence-electron chi connectivity index (χ2n) is 7.33. The molecule has 9 heteroatoms. The van der Waals surface area contributed by atoms with Crippen LogP contribution in [0.25, 0.3) is 0 Å². The summed E-state index contributed by atoms with van der Waals surface area (Å²) in [6.07, 6.45) is 1.06. The molecule has 0 fully saturated rings. The predicted octanol–water partition coefficient (Wildman–Crippen LogP) is 3.08. The number of rotatable bonds is 9. The van der Waals surface area contributed by atoms with E-state index < -0.39 is 28.5 Å². The molecule has 0 aromatic heterocycles. The second-order valence-corrected chi connectivity index (χ2v) is 10.1. The molecule has 0 saturated carbocycles. The van der Waals surface area contributed by atoms with Crippen LogP contribution in [-0.2, 0) is 26.2 Å². The Balaban J connectivity index is 2.37. The molecular formula is C22H28BrN3O4S. The molecule has 0 radical (unpaired) electrons. The summed E-state index contributed by atoms with van der Waals surface area (Å²) in [5.41, 5.74) is 2.19. The first-order valence-corrected chi connectivity index (χ1v) is 12.5. The maximum Gasteiger partial charge on any atom is 0.244 e. The minimum atomic E-state index is -3.72. The van der Waals surface area contributed by atoms with Gasteiger partial charge in [0.15, 0.2) is 0 Å². The zero-order valence-electron chi connectivity index (χ0n) is 18.1. The van der Waals surface area contributed by atoms with Gasteiger partial charge in [0.05, 0.1) is 11.9 Å². The molecule has 2 rings (SSSR count). The summed E-state index contributed by atoms with van der Waals surface area (Å²) >= 11 is 3.41. The smallest absolute Gasteiger partial charge is 0.244 e. The van der Waals surface area contributed by atoms with Crippen LogP contribution in [0.2, 0.25) is 0 Å². The Hall–Kier alpha value is -2.39. The van der Waals surface area contributed by atoms with Crippen molar-refractivity contribution in [3.8, 4) is 0 Å². The minimum Gasteiger partial charge on any atom is -0.355 e. The van der Waals surface area contributed by atoms with Crippen molar-refractivity contribution in [2.24, 2.45) is 0 Å². The first-order chi connectivity index (χ1) is 14.5. The highest BCUT2D eigenvalue weighted by Gasteiger charge is 2.29. The highest BCUT2D eigenvalue weighted by Crippen LogP contribution is 2.20. The van der Waals surface area contributed by atoms with Crippen molar-refractivity contribution >= 4 is 43.5 Å². The fourth-order valence-electron chi connectivity index (χ4n) is 3.06. The van der Waals surface area contributed by atoms with Crippen molar-refractivity contribution < 1.29 is 18.0 Å². The molecule has 1 atom stereocenters. The fourth-order valence-corrected chi connectivity index (χ4v) is 4.36. The number of anilines is 1. The number of benzene rings is 2. The number of hydrogen-bond donors (Lipinski definition) is 1.